The first-order valence-corrected chi connectivity index (χ1v) is 7.15. The Labute approximate surface area is 133 Å². The first kappa shape index (κ1) is 18.6. The van der Waals surface area contributed by atoms with Gasteiger partial charge in [0.2, 0.25) is 0 Å². The van der Waals surface area contributed by atoms with Crippen LogP contribution in [0.4, 0.5) is 5.69 Å². The van der Waals surface area contributed by atoms with Crippen molar-refractivity contribution in [2.24, 2.45) is 5.92 Å². The maximum absolute atomic E-state index is 11.4. The Balaban J connectivity index is 2.84. The molecule has 1 rings (SSSR count). The minimum atomic E-state index is -1.12. The Morgan fingerprint density at radius 1 is 1.17 bits per heavy atom. The largest absolute Gasteiger partial charge is 0.481 e. The Kier molecular flexibility index (Phi) is 6.65. The van der Waals surface area contributed by atoms with E-state index in [1.54, 1.807) is 0 Å². The number of carboxylic acids is 2. The van der Waals surface area contributed by atoms with Crippen LogP contribution in [0.3, 0.4) is 0 Å². The number of carbonyl (C=O) groups is 2. The normalized spacial score (nSPS) is 13.5. The first-order chi connectivity index (χ1) is 10.7. The van der Waals surface area contributed by atoms with Gasteiger partial charge in [0.25, 0.3) is 5.69 Å². The maximum Gasteiger partial charge on any atom is 0.320 e. The van der Waals surface area contributed by atoms with E-state index in [-0.39, 0.29) is 18.2 Å². The van der Waals surface area contributed by atoms with Crippen molar-refractivity contribution in [2.45, 2.75) is 32.2 Å². The summed E-state index contributed by atoms with van der Waals surface area (Å²) in [6.45, 7) is 3.68. The molecule has 0 aromatic heterocycles. The second kappa shape index (κ2) is 8.23. The molecule has 1 aromatic carbocycles. The standard InChI is InChI=1S/C15H20N2O6/c1-9(2)7-13(15(20)21)16-8-12(14(18)19)10-3-5-11(6-4-10)17(22)23/h3-6,9,12-13,16H,7-8H2,1-2H3,(H,18,19)(H,20,21). The average molecular weight is 324 g/mol. The van der Waals surface area contributed by atoms with Gasteiger partial charge < -0.3 is 15.5 Å². The highest BCUT2D eigenvalue weighted by atomic mass is 16.6. The van der Waals surface area contributed by atoms with Gasteiger partial charge in [-0.05, 0) is 17.9 Å². The minimum Gasteiger partial charge on any atom is -0.481 e. The maximum atomic E-state index is 11.4. The number of non-ortho nitro benzene ring substituents is 1. The van der Waals surface area contributed by atoms with Gasteiger partial charge >= 0.3 is 11.9 Å². The molecule has 0 aliphatic carbocycles. The quantitative estimate of drug-likeness (QED) is 0.467. The van der Waals surface area contributed by atoms with Gasteiger partial charge in [0.1, 0.15) is 6.04 Å². The smallest absolute Gasteiger partial charge is 0.320 e. The SMILES string of the molecule is CC(C)CC(NCC(C(=O)O)c1ccc([N+](=O)[O-])cc1)C(=O)O. The molecule has 0 bridgehead atoms. The summed E-state index contributed by atoms with van der Waals surface area (Å²) in [7, 11) is 0. The highest BCUT2D eigenvalue weighted by Crippen LogP contribution is 2.20. The van der Waals surface area contributed by atoms with E-state index in [1.165, 1.54) is 24.3 Å². The van der Waals surface area contributed by atoms with Crippen molar-refractivity contribution in [2.75, 3.05) is 6.54 Å². The summed E-state index contributed by atoms with van der Waals surface area (Å²) in [6, 6.07) is 4.37. The van der Waals surface area contributed by atoms with Crippen molar-refractivity contribution < 1.29 is 24.7 Å². The molecule has 0 amide bonds. The van der Waals surface area contributed by atoms with Crippen LogP contribution in [0.2, 0.25) is 0 Å². The summed E-state index contributed by atoms with van der Waals surface area (Å²) in [5.74, 6) is -3.00. The number of nitro groups is 1. The van der Waals surface area contributed by atoms with Crippen molar-refractivity contribution >= 4 is 17.6 Å². The lowest BCUT2D eigenvalue weighted by Crippen LogP contribution is -2.41. The van der Waals surface area contributed by atoms with Gasteiger partial charge in [-0.2, -0.15) is 0 Å². The van der Waals surface area contributed by atoms with Gasteiger partial charge in [0.05, 0.1) is 10.8 Å². The van der Waals surface area contributed by atoms with E-state index in [0.29, 0.717) is 12.0 Å². The molecule has 1 aromatic rings. The molecule has 0 fully saturated rings. The number of rotatable bonds is 9. The molecule has 0 saturated heterocycles. The van der Waals surface area contributed by atoms with Gasteiger partial charge in [0.15, 0.2) is 0 Å². The summed E-state index contributed by atoms with van der Waals surface area (Å²) in [5, 5.41) is 31.8. The molecule has 0 aliphatic heterocycles. The molecule has 2 atom stereocenters. The van der Waals surface area contributed by atoms with Crippen LogP contribution in [-0.4, -0.2) is 39.7 Å². The fourth-order valence-corrected chi connectivity index (χ4v) is 2.18. The molecule has 8 heteroatoms. The zero-order valence-corrected chi connectivity index (χ0v) is 12.9. The Morgan fingerprint density at radius 3 is 2.13 bits per heavy atom. The lowest BCUT2D eigenvalue weighted by atomic mass is 9.97. The predicted molar refractivity (Wildman–Crippen MR) is 82.4 cm³/mol. The lowest BCUT2D eigenvalue weighted by Gasteiger charge is -2.19. The highest BCUT2D eigenvalue weighted by Gasteiger charge is 2.25. The first-order valence-electron chi connectivity index (χ1n) is 7.15. The Morgan fingerprint density at radius 2 is 1.74 bits per heavy atom. The molecule has 0 saturated carbocycles. The van der Waals surface area contributed by atoms with Gasteiger partial charge in [-0.25, -0.2) is 0 Å². The third-order valence-corrected chi connectivity index (χ3v) is 3.38. The Hall–Kier alpha value is -2.48. The number of nitro benzene ring substituents is 1. The van der Waals surface area contributed by atoms with Crippen LogP contribution in [0.15, 0.2) is 24.3 Å². The Bertz CT molecular complexity index is 570. The van der Waals surface area contributed by atoms with Crippen LogP contribution in [0, 0.1) is 16.0 Å². The number of hydrogen-bond acceptors (Lipinski definition) is 5. The third-order valence-electron chi connectivity index (χ3n) is 3.38. The van der Waals surface area contributed by atoms with Crippen LogP contribution in [0.5, 0.6) is 0 Å². The van der Waals surface area contributed by atoms with Gasteiger partial charge in [0, 0.05) is 18.7 Å². The summed E-state index contributed by atoms with van der Waals surface area (Å²) in [6.07, 6.45) is 0.377. The van der Waals surface area contributed by atoms with Gasteiger partial charge in [-0.1, -0.05) is 26.0 Å². The number of benzene rings is 1. The van der Waals surface area contributed by atoms with Crippen molar-refractivity contribution in [1.82, 2.24) is 5.32 Å². The summed E-state index contributed by atoms with van der Waals surface area (Å²) in [5.41, 5.74) is 0.248. The molecule has 23 heavy (non-hydrogen) atoms. The second-order valence-electron chi connectivity index (χ2n) is 5.67. The van der Waals surface area contributed by atoms with Crippen molar-refractivity contribution in [3.8, 4) is 0 Å². The molecule has 0 radical (unpaired) electrons. The highest BCUT2D eigenvalue weighted by molar-refractivity contribution is 5.77. The number of aliphatic carboxylic acids is 2. The van der Waals surface area contributed by atoms with E-state index in [2.05, 4.69) is 5.32 Å². The summed E-state index contributed by atoms with van der Waals surface area (Å²) in [4.78, 5) is 32.6. The number of carboxylic acid groups (broad SMARTS) is 2. The molecule has 0 aliphatic rings. The van der Waals surface area contributed by atoms with Crippen LogP contribution in [-0.2, 0) is 9.59 Å². The molecule has 0 spiro atoms. The molecule has 2 unspecified atom stereocenters. The van der Waals surface area contributed by atoms with E-state index in [9.17, 15) is 24.8 Å². The van der Waals surface area contributed by atoms with Crippen molar-refractivity contribution in [3.05, 3.63) is 39.9 Å². The van der Waals surface area contributed by atoms with Crippen LogP contribution < -0.4 is 5.32 Å². The van der Waals surface area contributed by atoms with Crippen molar-refractivity contribution in [1.29, 1.82) is 0 Å². The monoisotopic (exact) mass is 324 g/mol. The fraction of sp³-hybridized carbons (Fsp3) is 0.467. The molecule has 8 nitrogen and oxygen atoms in total. The fourth-order valence-electron chi connectivity index (χ4n) is 2.18. The van der Waals surface area contributed by atoms with E-state index >= 15 is 0 Å². The summed E-state index contributed by atoms with van der Waals surface area (Å²) >= 11 is 0. The molecule has 126 valence electrons. The molecular formula is C15H20N2O6. The predicted octanol–water partition coefficient (Wildman–Crippen LogP) is 1.85. The van der Waals surface area contributed by atoms with Gasteiger partial charge in [-0.15, -0.1) is 0 Å². The topological polar surface area (TPSA) is 130 Å². The van der Waals surface area contributed by atoms with Gasteiger partial charge in [-0.3, -0.25) is 19.7 Å². The van der Waals surface area contributed by atoms with E-state index in [0.717, 1.165) is 0 Å². The van der Waals surface area contributed by atoms with Crippen LogP contribution in [0.1, 0.15) is 31.7 Å². The van der Waals surface area contributed by atoms with Crippen LogP contribution in [0.25, 0.3) is 0 Å². The molecule has 0 heterocycles. The number of hydrogen-bond donors (Lipinski definition) is 3. The zero-order valence-electron chi connectivity index (χ0n) is 12.9. The number of nitrogens with one attached hydrogen (secondary N) is 1. The minimum absolute atomic E-state index is 0.0726. The third kappa shape index (κ3) is 5.67. The van der Waals surface area contributed by atoms with Crippen LogP contribution >= 0.6 is 0 Å². The molecule has 3 N–H and O–H groups in total. The zero-order chi connectivity index (χ0) is 17.6. The van der Waals surface area contributed by atoms with E-state index < -0.39 is 28.8 Å². The molecular weight excluding hydrogens is 304 g/mol. The van der Waals surface area contributed by atoms with E-state index in [1.807, 2.05) is 13.8 Å². The average Bonchev–Trinajstić information content (AvgIpc) is 2.45. The number of nitrogens with zero attached hydrogens (tertiary/aromatic N) is 1. The van der Waals surface area contributed by atoms with E-state index in [4.69, 9.17) is 5.11 Å². The second-order valence-corrected chi connectivity index (χ2v) is 5.67. The van der Waals surface area contributed by atoms with Crippen molar-refractivity contribution in [3.63, 3.8) is 0 Å². The lowest BCUT2D eigenvalue weighted by molar-refractivity contribution is -0.384. The summed E-state index contributed by atoms with van der Waals surface area (Å²) < 4.78 is 0.